The second kappa shape index (κ2) is 5.11. The van der Waals surface area contributed by atoms with E-state index in [1.807, 2.05) is 14.0 Å². The number of rotatable bonds is 3. The molecule has 0 aliphatic carbocycles. The standard InChI is InChI=1S/C10H19N3O2/c1-8(11-2)7-13-6-4-5-12(3)9(14)10(13)15/h8,11H,4-7H2,1-3H3. The fourth-order valence-electron chi connectivity index (χ4n) is 1.60. The fourth-order valence-corrected chi connectivity index (χ4v) is 1.60. The third kappa shape index (κ3) is 2.92. The third-order valence-corrected chi connectivity index (χ3v) is 2.73. The normalized spacial score (nSPS) is 20.5. The lowest BCUT2D eigenvalue weighted by atomic mass is 10.3. The molecule has 1 atom stereocenters. The van der Waals surface area contributed by atoms with Gasteiger partial charge in [0.15, 0.2) is 0 Å². The van der Waals surface area contributed by atoms with E-state index in [-0.39, 0.29) is 11.9 Å². The Labute approximate surface area is 90.4 Å². The highest BCUT2D eigenvalue weighted by Crippen LogP contribution is 2.04. The quantitative estimate of drug-likeness (QED) is 0.630. The van der Waals surface area contributed by atoms with E-state index in [1.54, 1.807) is 11.9 Å². The molecule has 1 heterocycles. The van der Waals surface area contributed by atoms with Gasteiger partial charge in [0, 0.05) is 32.7 Å². The van der Waals surface area contributed by atoms with Crippen LogP contribution in [0, 0.1) is 0 Å². The average Bonchev–Trinajstić information content (AvgIpc) is 2.34. The summed E-state index contributed by atoms with van der Waals surface area (Å²) in [6.07, 6.45) is 0.852. The Morgan fingerprint density at radius 1 is 1.33 bits per heavy atom. The lowest BCUT2D eigenvalue weighted by Crippen LogP contribution is -2.45. The summed E-state index contributed by atoms with van der Waals surface area (Å²) in [5.41, 5.74) is 0. The maximum atomic E-state index is 11.7. The van der Waals surface area contributed by atoms with Gasteiger partial charge in [-0.3, -0.25) is 9.59 Å². The number of hydrogen-bond acceptors (Lipinski definition) is 3. The van der Waals surface area contributed by atoms with Crippen molar-refractivity contribution in [2.45, 2.75) is 19.4 Å². The van der Waals surface area contributed by atoms with Crippen LogP contribution in [0.5, 0.6) is 0 Å². The van der Waals surface area contributed by atoms with E-state index in [9.17, 15) is 9.59 Å². The number of amides is 2. The summed E-state index contributed by atoms with van der Waals surface area (Å²) in [4.78, 5) is 26.4. The highest BCUT2D eigenvalue weighted by Gasteiger charge is 2.28. The summed E-state index contributed by atoms with van der Waals surface area (Å²) in [6, 6.07) is 0.213. The fraction of sp³-hybridized carbons (Fsp3) is 0.800. The first-order chi connectivity index (χ1) is 7.06. The lowest BCUT2D eigenvalue weighted by Gasteiger charge is -2.23. The van der Waals surface area contributed by atoms with Crippen molar-refractivity contribution in [3.05, 3.63) is 0 Å². The molecule has 15 heavy (non-hydrogen) atoms. The molecule has 2 amide bonds. The van der Waals surface area contributed by atoms with Gasteiger partial charge in [0.2, 0.25) is 0 Å². The van der Waals surface area contributed by atoms with Gasteiger partial charge in [0.05, 0.1) is 0 Å². The third-order valence-electron chi connectivity index (χ3n) is 2.73. The van der Waals surface area contributed by atoms with Gasteiger partial charge in [-0.25, -0.2) is 0 Å². The molecule has 0 aromatic rings. The second-order valence-electron chi connectivity index (χ2n) is 4.02. The first-order valence-electron chi connectivity index (χ1n) is 5.28. The van der Waals surface area contributed by atoms with Gasteiger partial charge >= 0.3 is 11.8 Å². The molecule has 0 radical (unpaired) electrons. The molecule has 1 rings (SSSR count). The Bertz CT molecular complexity index is 255. The minimum absolute atomic E-state index is 0.213. The first-order valence-corrected chi connectivity index (χ1v) is 5.28. The predicted molar refractivity (Wildman–Crippen MR) is 57.4 cm³/mol. The van der Waals surface area contributed by atoms with Crippen LogP contribution in [-0.4, -0.2) is 61.4 Å². The van der Waals surface area contributed by atoms with Crippen LogP contribution in [0.1, 0.15) is 13.3 Å². The Morgan fingerprint density at radius 3 is 2.60 bits per heavy atom. The smallest absolute Gasteiger partial charge is 0.312 e. The molecular weight excluding hydrogens is 194 g/mol. The topological polar surface area (TPSA) is 52.6 Å². The Morgan fingerprint density at radius 2 is 2.00 bits per heavy atom. The molecule has 86 valence electrons. The molecule has 1 aliphatic rings. The summed E-state index contributed by atoms with van der Waals surface area (Å²) < 4.78 is 0. The molecular formula is C10H19N3O2. The Kier molecular flexibility index (Phi) is 4.08. The number of hydrogen-bond donors (Lipinski definition) is 1. The predicted octanol–water partition coefficient (Wildman–Crippen LogP) is -0.715. The SMILES string of the molecule is CNC(C)CN1CCCN(C)C(=O)C1=O. The van der Waals surface area contributed by atoms with E-state index in [0.29, 0.717) is 19.6 Å². The van der Waals surface area contributed by atoms with Gasteiger partial charge < -0.3 is 15.1 Å². The molecule has 1 N–H and O–H groups in total. The van der Waals surface area contributed by atoms with Crippen molar-refractivity contribution in [2.24, 2.45) is 0 Å². The van der Waals surface area contributed by atoms with Crippen LogP contribution in [0.4, 0.5) is 0 Å². The highest BCUT2D eigenvalue weighted by molar-refractivity contribution is 6.35. The molecule has 0 spiro atoms. The minimum Gasteiger partial charge on any atom is -0.337 e. The highest BCUT2D eigenvalue weighted by atomic mass is 16.2. The maximum Gasteiger partial charge on any atom is 0.312 e. The zero-order valence-corrected chi connectivity index (χ0v) is 9.62. The molecule has 1 unspecified atom stereocenters. The van der Waals surface area contributed by atoms with Gasteiger partial charge in [0.1, 0.15) is 0 Å². The average molecular weight is 213 g/mol. The monoisotopic (exact) mass is 213 g/mol. The number of likely N-dealkylation sites (N-methyl/N-ethyl adjacent to an activating group) is 2. The van der Waals surface area contributed by atoms with Crippen LogP contribution in [0.3, 0.4) is 0 Å². The Hall–Kier alpha value is -1.10. The van der Waals surface area contributed by atoms with Crippen molar-refractivity contribution in [1.82, 2.24) is 15.1 Å². The van der Waals surface area contributed by atoms with Crippen molar-refractivity contribution >= 4 is 11.8 Å². The minimum atomic E-state index is -0.393. The van der Waals surface area contributed by atoms with Crippen LogP contribution in [-0.2, 0) is 9.59 Å². The van der Waals surface area contributed by atoms with Crippen molar-refractivity contribution < 1.29 is 9.59 Å². The van der Waals surface area contributed by atoms with Crippen LogP contribution >= 0.6 is 0 Å². The largest absolute Gasteiger partial charge is 0.337 e. The van der Waals surface area contributed by atoms with E-state index in [4.69, 9.17) is 0 Å². The number of carbonyl (C=O) groups excluding carboxylic acids is 2. The molecule has 1 fully saturated rings. The molecule has 0 saturated carbocycles. The number of nitrogens with zero attached hydrogens (tertiary/aromatic N) is 2. The lowest BCUT2D eigenvalue weighted by molar-refractivity contribution is -0.149. The second-order valence-corrected chi connectivity index (χ2v) is 4.02. The van der Waals surface area contributed by atoms with Gasteiger partial charge in [-0.1, -0.05) is 0 Å². The van der Waals surface area contributed by atoms with Crippen LogP contribution in [0.15, 0.2) is 0 Å². The van der Waals surface area contributed by atoms with E-state index >= 15 is 0 Å². The molecule has 1 saturated heterocycles. The van der Waals surface area contributed by atoms with E-state index in [0.717, 1.165) is 6.42 Å². The zero-order chi connectivity index (χ0) is 11.4. The van der Waals surface area contributed by atoms with Gasteiger partial charge in [-0.2, -0.15) is 0 Å². The summed E-state index contributed by atoms with van der Waals surface area (Å²) >= 11 is 0. The van der Waals surface area contributed by atoms with E-state index in [1.165, 1.54) is 4.90 Å². The van der Waals surface area contributed by atoms with Crippen LogP contribution in [0.2, 0.25) is 0 Å². The van der Waals surface area contributed by atoms with Crippen molar-refractivity contribution in [3.8, 4) is 0 Å². The van der Waals surface area contributed by atoms with Crippen molar-refractivity contribution in [2.75, 3.05) is 33.7 Å². The van der Waals surface area contributed by atoms with Crippen LogP contribution < -0.4 is 5.32 Å². The summed E-state index contributed by atoms with van der Waals surface area (Å²) in [7, 11) is 3.52. The summed E-state index contributed by atoms with van der Waals surface area (Å²) in [5, 5.41) is 3.06. The van der Waals surface area contributed by atoms with Gasteiger partial charge in [0.25, 0.3) is 0 Å². The first kappa shape index (κ1) is 12.0. The number of carbonyl (C=O) groups is 2. The molecule has 5 heteroatoms. The molecule has 0 bridgehead atoms. The van der Waals surface area contributed by atoms with Crippen molar-refractivity contribution in [3.63, 3.8) is 0 Å². The Balaban J connectivity index is 2.64. The zero-order valence-electron chi connectivity index (χ0n) is 9.62. The van der Waals surface area contributed by atoms with Gasteiger partial charge in [-0.05, 0) is 20.4 Å². The van der Waals surface area contributed by atoms with Crippen LogP contribution in [0.25, 0.3) is 0 Å². The molecule has 0 aromatic heterocycles. The summed E-state index contributed by atoms with van der Waals surface area (Å²) in [6.45, 7) is 3.91. The molecule has 0 aromatic carbocycles. The van der Waals surface area contributed by atoms with E-state index in [2.05, 4.69) is 5.32 Å². The molecule has 1 aliphatic heterocycles. The van der Waals surface area contributed by atoms with Gasteiger partial charge in [-0.15, -0.1) is 0 Å². The van der Waals surface area contributed by atoms with Crippen molar-refractivity contribution in [1.29, 1.82) is 0 Å². The number of nitrogens with one attached hydrogen (secondary N) is 1. The molecule has 5 nitrogen and oxygen atoms in total. The summed E-state index contributed by atoms with van der Waals surface area (Å²) in [5.74, 6) is -0.770. The van der Waals surface area contributed by atoms with E-state index < -0.39 is 5.91 Å². The maximum absolute atomic E-state index is 11.7.